The lowest BCUT2D eigenvalue weighted by molar-refractivity contribution is 0.184. The molecule has 1 aliphatic heterocycles. The molecule has 1 atom stereocenters. The van der Waals surface area contributed by atoms with E-state index in [1.54, 1.807) is 6.20 Å². The van der Waals surface area contributed by atoms with Gasteiger partial charge in [0.05, 0.1) is 24.5 Å². The van der Waals surface area contributed by atoms with Gasteiger partial charge in [-0.1, -0.05) is 30.3 Å². The third-order valence-electron chi connectivity index (χ3n) is 3.68. The van der Waals surface area contributed by atoms with Gasteiger partial charge in [-0.2, -0.15) is 5.10 Å². The molecule has 0 unspecified atom stereocenters. The Labute approximate surface area is 129 Å². The highest BCUT2D eigenvalue weighted by Gasteiger charge is 2.18. The number of ether oxygens (including phenoxy) is 1. The lowest BCUT2D eigenvalue weighted by atomic mass is 10.1. The van der Waals surface area contributed by atoms with Crippen molar-refractivity contribution in [2.75, 3.05) is 25.1 Å². The zero-order valence-electron chi connectivity index (χ0n) is 12.4. The van der Waals surface area contributed by atoms with Gasteiger partial charge in [0.15, 0.2) is 0 Å². The van der Waals surface area contributed by atoms with Crippen LogP contribution in [0.3, 0.4) is 0 Å². The van der Waals surface area contributed by atoms with Crippen LogP contribution in [-0.4, -0.2) is 35.6 Å². The molecular weight excluding hydrogens is 280 g/mol. The molecule has 0 radical (unpaired) electrons. The molecule has 1 aliphatic rings. The molecule has 2 aromatic rings. The summed E-state index contributed by atoms with van der Waals surface area (Å²) in [5.41, 5.74) is 1.90. The SMILES string of the molecule is O=C(NCCc1ccccc1)Nc1cnn([C@@H]2CCOC2)c1. The number of rotatable bonds is 5. The van der Waals surface area contributed by atoms with Crippen molar-refractivity contribution in [3.05, 3.63) is 48.3 Å². The van der Waals surface area contributed by atoms with Crippen molar-refractivity contribution < 1.29 is 9.53 Å². The van der Waals surface area contributed by atoms with Crippen molar-refractivity contribution in [1.82, 2.24) is 15.1 Å². The summed E-state index contributed by atoms with van der Waals surface area (Å²) in [6.07, 6.45) is 5.28. The van der Waals surface area contributed by atoms with Crippen LogP contribution in [0.5, 0.6) is 0 Å². The van der Waals surface area contributed by atoms with Gasteiger partial charge in [-0.15, -0.1) is 0 Å². The lowest BCUT2D eigenvalue weighted by Gasteiger charge is -2.07. The van der Waals surface area contributed by atoms with E-state index in [0.29, 0.717) is 18.8 Å². The molecule has 0 aliphatic carbocycles. The first-order chi connectivity index (χ1) is 10.8. The molecule has 22 heavy (non-hydrogen) atoms. The van der Waals surface area contributed by atoms with E-state index in [4.69, 9.17) is 4.74 Å². The maximum Gasteiger partial charge on any atom is 0.319 e. The number of carbonyl (C=O) groups is 1. The highest BCUT2D eigenvalue weighted by molar-refractivity contribution is 5.88. The van der Waals surface area contributed by atoms with E-state index in [0.717, 1.165) is 19.4 Å². The van der Waals surface area contributed by atoms with Gasteiger partial charge in [-0.25, -0.2) is 4.79 Å². The van der Waals surface area contributed by atoms with Crippen LogP contribution in [0.1, 0.15) is 18.0 Å². The number of anilines is 1. The van der Waals surface area contributed by atoms with E-state index in [2.05, 4.69) is 15.7 Å². The summed E-state index contributed by atoms with van der Waals surface area (Å²) < 4.78 is 7.19. The number of aromatic nitrogens is 2. The van der Waals surface area contributed by atoms with Crippen LogP contribution in [0.15, 0.2) is 42.7 Å². The van der Waals surface area contributed by atoms with E-state index in [9.17, 15) is 4.79 Å². The Morgan fingerprint density at radius 3 is 3.00 bits per heavy atom. The van der Waals surface area contributed by atoms with Crippen LogP contribution in [0.2, 0.25) is 0 Å². The summed E-state index contributed by atoms with van der Waals surface area (Å²) in [7, 11) is 0. The van der Waals surface area contributed by atoms with Gasteiger partial charge >= 0.3 is 6.03 Å². The number of nitrogens with one attached hydrogen (secondary N) is 2. The lowest BCUT2D eigenvalue weighted by Crippen LogP contribution is -2.30. The van der Waals surface area contributed by atoms with E-state index < -0.39 is 0 Å². The smallest absolute Gasteiger partial charge is 0.319 e. The van der Waals surface area contributed by atoms with Crippen molar-refractivity contribution in [2.24, 2.45) is 0 Å². The highest BCUT2D eigenvalue weighted by Crippen LogP contribution is 2.19. The maximum atomic E-state index is 11.8. The molecule has 0 saturated carbocycles. The highest BCUT2D eigenvalue weighted by atomic mass is 16.5. The number of carbonyl (C=O) groups excluding carboxylic acids is 1. The molecule has 2 N–H and O–H groups in total. The predicted octanol–water partition coefficient (Wildman–Crippen LogP) is 2.21. The number of urea groups is 1. The Morgan fingerprint density at radius 1 is 1.36 bits per heavy atom. The van der Waals surface area contributed by atoms with Gasteiger partial charge in [-0.3, -0.25) is 4.68 Å². The summed E-state index contributed by atoms with van der Waals surface area (Å²) in [6.45, 7) is 2.05. The molecule has 3 rings (SSSR count). The first-order valence-electron chi connectivity index (χ1n) is 7.52. The Kier molecular flexibility index (Phi) is 4.70. The molecule has 6 nitrogen and oxygen atoms in total. The second-order valence-corrected chi connectivity index (χ2v) is 5.34. The summed E-state index contributed by atoms with van der Waals surface area (Å²) in [4.78, 5) is 11.8. The molecule has 2 heterocycles. The predicted molar refractivity (Wildman–Crippen MR) is 83.9 cm³/mol. The Hall–Kier alpha value is -2.34. The third kappa shape index (κ3) is 3.85. The summed E-state index contributed by atoms with van der Waals surface area (Å²) in [6, 6.07) is 10.1. The molecule has 0 bridgehead atoms. The van der Waals surface area contributed by atoms with E-state index in [1.807, 2.05) is 41.2 Å². The Morgan fingerprint density at radius 2 is 2.23 bits per heavy atom. The van der Waals surface area contributed by atoms with Crippen LogP contribution in [0.25, 0.3) is 0 Å². The zero-order chi connectivity index (χ0) is 15.2. The first-order valence-corrected chi connectivity index (χ1v) is 7.52. The van der Waals surface area contributed by atoms with Gasteiger partial charge in [0.25, 0.3) is 0 Å². The average Bonchev–Trinajstić information content (AvgIpc) is 3.19. The van der Waals surface area contributed by atoms with Crippen LogP contribution < -0.4 is 10.6 Å². The van der Waals surface area contributed by atoms with Gasteiger partial charge in [-0.05, 0) is 18.4 Å². The topological polar surface area (TPSA) is 68.2 Å². The minimum atomic E-state index is -0.210. The summed E-state index contributed by atoms with van der Waals surface area (Å²) >= 11 is 0. The van der Waals surface area contributed by atoms with Gasteiger partial charge in [0.1, 0.15) is 0 Å². The molecule has 1 aromatic carbocycles. The van der Waals surface area contributed by atoms with Crippen molar-refractivity contribution in [3.63, 3.8) is 0 Å². The van der Waals surface area contributed by atoms with Gasteiger partial charge in [0, 0.05) is 19.3 Å². The maximum absolute atomic E-state index is 11.8. The zero-order valence-corrected chi connectivity index (χ0v) is 12.4. The minimum absolute atomic E-state index is 0.210. The minimum Gasteiger partial charge on any atom is -0.379 e. The van der Waals surface area contributed by atoms with Gasteiger partial charge < -0.3 is 15.4 Å². The molecule has 6 heteroatoms. The largest absolute Gasteiger partial charge is 0.379 e. The molecular formula is C16H20N4O2. The van der Waals surface area contributed by atoms with Crippen molar-refractivity contribution in [1.29, 1.82) is 0 Å². The molecule has 1 aromatic heterocycles. The normalized spacial score (nSPS) is 17.4. The van der Waals surface area contributed by atoms with E-state index >= 15 is 0 Å². The molecule has 0 spiro atoms. The quantitative estimate of drug-likeness (QED) is 0.889. The standard InChI is InChI=1S/C16H20N4O2/c21-16(17-8-6-13-4-2-1-3-5-13)19-14-10-18-20(11-14)15-7-9-22-12-15/h1-5,10-11,15H,6-9,12H2,(H2,17,19,21)/t15-/m1/s1. The van der Waals surface area contributed by atoms with Crippen LogP contribution >= 0.6 is 0 Å². The molecule has 1 saturated heterocycles. The monoisotopic (exact) mass is 300 g/mol. The van der Waals surface area contributed by atoms with E-state index in [-0.39, 0.29) is 12.1 Å². The van der Waals surface area contributed by atoms with Crippen molar-refractivity contribution in [3.8, 4) is 0 Å². The fourth-order valence-electron chi connectivity index (χ4n) is 2.47. The molecule has 116 valence electrons. The fourth-order valence-corrected chi connectivity index (χ4v) is 2.47. The average molecular weight is 300 g/mol. The second kappa shape index (κ2) is 7.09. The van der Waals surface area contributed by atoms with Crippen LogP contribution in [0, 0.1) is 0 Å². The third-order valence-corrected chi connectivity index (χ3v) is 3.68. The van der Waals surface area contributed by atoms with E-state index in [1.165, 1.54) is 5.56 Å². The summed E-state index contributed by atoms with van der Waals surface area (Å²) in [5.74, 6) is 0. The summed E-state index contributed by atoms with van der Waals surface area (Å²) in [5, 5.41) is 9.92. The number of amides is 2. The number of hydrogen-bond acceptors (Lipinski definition) is 3. The fraction of sp³-hybridized carbons (Fsp3) is 0.375. The molecule has 2 amide bonds. The second-order valence-electron chi connectivity index (χ2n) is 5.34. The Bertz CT molecular complexity index is 606. The number of benzene rings is 1. The van der Waals surface area contributed by atoms with Crippen LogP contribution in [-0.2, 0) is 11.2 Å². The van der Waals surface area contributed by atoms with Gasteiger partial charge in [0.2, 0.25) is 0 Å². The Balaban J connectivity index is 1.43. The van der Waals surface area contributed by atoms with Crippen molar-refractivity contribution in [2.45, 2.75) is 18.9 Å². The number of hydrogen-bond donors (Lipinski definition) is 2. The first kappa shape index (κ1) is 14.6. The van der Waals surface area contributed by atoms with Crippen molar-refractivity contribution >= 4 is 11.7 Å². The number of nitrogens with zero attached hydrogens (tertiary/aromatic N) is 2. The molecule has 1 fully saturated rings. The van der Waals surface area contributed by atoms with Crippen LogP contribution in [0.4, 0.5) is 10.5 Å².